The zero-order chi connectivity index (χ0) is 26.1. The van der Waals surface area contributed by atoms with Crippen molar-refractivity contribution in [1.82, 2.24) is 20.3 Å². The molecule has 0 aliphatic carbocycles. The number of nitrogens with two attached hydrogens (primary N) is 1. The minimum absolute atomic E-state index is 0.00223. The standard InChI is InChI=1S/C18H21ClFN3O3.C6H6N2O/c19-17-13(5-3-7-15(17)20)11-21-18(24)22-9-4-6-14(22)12-26-16-8-1-2-10-23(16)25;7-6(9)5-1-3-8-4-2-5/h1-3,5,7-8,14,25H,4,6,9-12H2,(H,21,24);1-4H,(H2,7,9)/t14-;/m0./s1/i8D;. The molecular weight excluding hydrogens is 477 g/mol. The number of likely N-dealkylation sites (tertiary alicyclic amines) is 1. The van der Waals surface area contributed by atoms with Crippen LogP contribution in [0.5, 0.6) is 0 Å². The van der Waals surface area contributed by atoms with Crippen LogP contribution in [-0.4, -0.2) is 57.8 Å². The normalized spacial score (nSPS) is 17.5. The highest BCUT2D eigenvalue weighted by molar-refractivity contribution is 6.31. The number of benzene rings is 1. The molecule has 0 unspecified atom stereocenters. The topological polar surface area (TPSA) is 121 Å². The smallest absolute Gasteiger partial charge is 0.318 e. The summed E-state index contributed by atoms with van der Waals surface area (Å²) >= 11 is 5.91. The summed E-state index contributed by atoms with van der Waals surface area (Å²) in [6, 6.07) is 7.23. The van der Waals surface area contributed by atoms with Crippen molar-refractivity contribution in [2.75, 3.05) is 19.7 Å². The van der Waals surface area contributed by atoms with Crippen molar-refractivity contribution < 1.29 is 25.3 Å². The quantitative estimate of drug-likeness (QED) is 0.554. The summed E-state index contributed by atoms with van der Waals surface area (Å²) in [6.07, 6.45) is 7.86. The molecule has 0 radical (unpaired) electrons. The van der Waals surface area contributed by atoms with Crippen LogP contribution in [0.2, 0.25) is 5.02 Å². The van der Waals surface area contributed by atoms with Crippen molar-refractivity contribution in [3.63, 3.8) is 0 Å². The van der Waals surface area contributed by atoms with Crippen molar-refractivity contribution in [2.45, 2.75) is 25.4 Å². The van der Waals surface area contributed by atoms with Crippen LogP contribution >= 0.6 is 11.6 Å². The third-order valence-corrected chi connectivity index (χ3v) is 5.74. The number of aromatic nitrogens is 1. The Hall–Kier alpha value is -3.63. The number of halogens is 2. The predicted octanol–water partition coefficient (Wildman–Crippen LogP) is 3.45. The van der Waals surface area contributed by atoms with Gasteiger partial charge in [-0.3, -0.25) is 15.0 Å². The molecule has 4 N–H and O–H groups in total. The van der Waals surface area contributed by atoms with Crippen molar-refractivity contribution in [3.05, 3.63) is 88.8 Å². The molecule has 1 aromatic heterocycles. The van der Waals surface area contributed by atoms with Crippen LogP contribution in [0.1, 0.15) is 30.1 Å². The Bertz CT molecular complexity index is 1130. The molecule has 9 nitrogen and oxygen atoms in total. The Morgan fingerprint density at radius 3 is 2.80 bits per heavy atom. The number of hydrogen-bond acceptors (Lipinski definition) is 6. The first kappa shape index (κ1) is 24.5. The van der Waals surface area contributed by atoms with E-state index in [0.717, 1.165) is 17.9 Å². The van der Waals surface area contributed by atoms with Crippen LogP contribution in [0, 0.1) is 5.82 Å². The van der Waals surface area contributed by atoms with Crippen LogP contribution < -0.4 is 11.1 Å². The van der Waals surface area contributed by atoms with Gasteiger partial charge in [-0.05, 0) is 36.6 Å². The lowest BCUT2D eigenvalue weighted by Crippen LogP contribution is -2.44. The van der Waals surface area contributed by atoms with Crippen LogP contribution in [0.4, 0.5) is 9.18 Å². The highest BCUT2D eigenvalue weighted by atomic mass is 35.5. The Morgan fingerprint density at radius 2 is 2.11 bits per heavy atom. The largest absolute Gasteiger partial charge is 0.475 e. The zero-order valence-corrected chi connectivity index (χ0v) is 19.6. The summed E-state index contributed by atoms with van der Waals surface area (Å²) in [6.45, 7) is 1.13. The summed E-state index contributed by atoms with van der Waals surface area (Å²) in [5, 5.41) is 13.4. The predicted molar refractivity (Wildman–Crippen MR) is 128 cm³/mol. The molecule has 1 fully saturated rings. The van der Waals surface area contributed by atoms with Gasteiger partial charge in [0.05, 0.1) is 19.0 Å². The van der Waals surface area contributed by atoms with Crippen LogP contribution in [-0.2, 0) is 11.3 Å². The number of nitrogens with one attached hydrogen (secondary N) is 1. The van der Waals surface area contributed by atoms with Gasteiger partial charge in [-0.2, -0.15) is 0 Å². The number of ether oxygens (including phenoxy) is 1. The van der Waals surface area contributed by atoms with Crippen molar-refractivity contribution in [2.24, 2.45) is 5.73 Å². The minimum Gasteiger partial charge on any atom is -0.475 e. The number of carbonyl (C=O) groups is 2. The van der Waals surface area contributed by atoms with Gasteiger partial charge in [-0.25, -0.2) is 14.2 Å². The van der Waals surface area contributed by atoms with Gasteiger partial charge in [0.1, 0.15) is 12.4 Å². The molecule has 2 aliphatic heterocycles. The second-order valence-electron chi connectivity index (χ2n) is 7.71. The molecule has 1 atom stereocenters. The molecule has 3 heterocycles. The van der Waals surface area contributed by atoms with E-state index in [9.17, 15) is 19.2 Å². The zero-order valence-electron chi connectivity index (χ0n) is 19.9. The number of primary amides is 1. The molecule has 1 saturated heterocycles. The maximum atomic E-state index is 13.5. The monoisotopic (exact) mass is 504 g/mol. The van der Waals surface area contributed by atoms with Crippen molar-refractivity contribution in [3.8, 4) is 0 Å². The number of allylic oxidation sites excluding steroid dienone is 2. The fourth-order valence-corrected chi connectivity index (χ4v) is 3.67. The van der Waals surface area contributed by atoms with Gasteiger partial charge in [-0.15, -0.1) is 0 Å². The molecular formula is C24H27ClFN5O4. The first-order chi connectivity index (χ1) is 17.3. The molecule has 0 bridgehead atoms. The summed E-state index contributed by atoms with van der Waals surface area (Å²) in [5.74, 6) is -0.862. The number of amides is 3. The van der Waals surface area contributed by atoms with E-state index in [1.54, 1.807) is 41.3 Å². The number of nitrogens with zero attached hydrogens (tertiary/aromatic N) is 3. The van der Waals surface area contributed by atoms with Gasteiger partial charge in [0.15, 0.2) is 0 Å². The van der Waals surface area contributed by atoms with E-state index in [-0.39, 0.29) is 48.7 Å². The Morgan fingerprint density at radius 1 is 1.34 bits per heavy atom. The highest BCUT2D eigenvalue weighted by Crippen LogP contribution is 2.21. The molecule has 186 valence electrons. The maximum Gasteiger partial charge on any atom is 0.318 e. The summed E-state index contributed by atoms with van der Waals surface area (Å²) < 4.78 is 26.9. The lowest BCUT2D eigenvalue weighted by Gasteiger charge is -2.27. The number of carbonyl (C=O) groups excluding carboxylic acids is 2. The molecule has 1 aromatic carbocycles. The lowest BCUT2D eigenvalue weighted by atomic mass is 10.2. The fraction of sp³-hybridized carbons (Fsp3) is 0.292. The van der Waals surface area contributed by atoms with Gasteiger partial charge >= 0.3 is 6.03 Å². The highest BCUT2D eigenvalue weighted by Gasteiger charge is 2.30. The molecule has 0 saturated carbocycles. The number of urea groups is 1. The molecule has 0 spiro atoms. The molecule has 3 amide bonds. The first-order valence-electron chi connectivity index (χ1n) is 11.4. The van der Waals surface area contributed by atoms with E-state index in [2.05, 4.69) is 10.3 Å². The van der Waals surface area contributed by atoms with E-state index in [4.69, 9.17) is 23.4 Å². The third kappa shape index (κ3) is 7.43. The first-order valence-corrected chi connectivity index (χ1v) is 11.3. The number of hydrogen-bond donors (Lipinski definition) is 3. The Labute approximate surface area is 209 Å². The molecule has 2 aromatic rings. The molecule has 4 rings (SSSR count). The molecule has 35 heavy (non-hydrogen) atoms. The maximum absolute atomic E-state index is 13.5. The fourth-order valence-electron chi connectivity index (χ4n) is 3.48. The Balaban J connectivity index is 0.000000338. The van der Waals surface area contributed by atoms with Crippen molar-refractivity contribution >= 4 is 23.5 Å². The molecule has 11 heteroatoms. The summed E-state index contributed by atoms with van der Waals surface area (Å²) in [4.78, 5) is 28.3. The summed E-state index contributed by atoms with van der Waals surface area (Å²) in [5.41, 5.74) is 5.94. The second-order valence-corrected chi connectivity index (χ2v) is 8.08. The van der Waals surface area contributed by atoms with E-state index in [1.807, 2.05) is 0 Å². The van der Waals surface area contributed by atoms with Gasteiger partial charge in [0, 0.05) is 37.1 Å². The van der Waals surface area contributed by atoms with Gasteiger partial charge in [0.2, 0.25) is 11.8 Å². The SMILES string of the molecule is NC(=O)c1ccncc1.[2H]C1=C(OC[C@@H]2CCCN2C(=O)NCc2cccc(F)c2Cl)N(O)CC=C1. The number of rotatable bonds is 6. The van der Waals surface area contributed by atoms with Gasteiger partial charge in [-0.1, -0.05) is 35.9 Å². The number of hydroxylamine groups is 2. The van der Waals surface area contributed by atoms with E-state index >= 15 is 0 Å². The lowest BCUT2D eigenvalue weighted by molar-refractivity contribution is -0.103. The van der Waals surface area contributed by atoms with E-state index < -0.39 is 11.7 Å². The van der Waals surface area contributed by atoms with Gasteiger partial charge < -0.3 is 20.7 Å². The van der Waals surface area contributed by atoms with Crippen LogP contribution in [0.25, 0.3) is 0 Å². The van der Waals surface area contributed by atoms with Crippen molar-refractivity contribution in [1.29, 1.82) is 0 Å². The second kappa shape index (κ2) is 12.7. The number of pyridine rings is 1. The van der Waals surface area contributed by atoms with E-state index in [1.165, 1.54) is 18.5 Å². The summed E-state index contributed by atoms with van der Waals surface area (Å²) in [7, 11) is 0. The average Bonchev–Trinajstić information content (AvgIpc) is 3.34. The van der Waals surface area contributed by atoms with Gasteiger partial charge in [0.25, 0.3) is 0 Å². The minimum atomic E-state index is -0.523. The average molecular weight is 505 g/mol. The Kier molecular flexibility index (Phi) is 8.91. The van der Waals surface area contributed by atoms with Crippen LogP contribution in [0.15, 0.2) is 66.8 Å². The molecule has 2 aliphatic rings. The van der Waals surface area contributed by atoms with E-state index in [0.29, 0.717) is 17.7 Å². The third-order valence-electron chi connectivity index (χ3n) is 5.31. The van der Waals surface area contributed by atoms with Crippen LogP contribution in [0.3, 0.4) is 0 Å².